The summed E-state index contributed by atoms with van der Waals surface area (Å²) in [5, 5.41) is 2.63. The highest BCUT2D eigenvalue weighted by Gasteiger charge is 2.29. The number of rotatable bonds is 6. The van der Waals surface area contributed by atoms with Crippen LogP contribution >= 0.6 is 0 Å². The maximum atomic E-state index is 12.8. The van der Waals surface area contributed by atoms with E-state index in [-0.39, 0.29) is 24.4 Å². The summed E-state index contributed by atoms with van der Waals surface area (Å²) >= 11 is 0. The summed E-state index contributed by atoms with van der Waals surface area (Å²) in [6.07, 6.45) is 4.94. The van der Waals surface area contributed by atoms with E-state index in [2.05, 4.69) is 5.32 Å². The van der Waals surface area contributed by atoms with Gasteiger partial charge in [-0.05, 0) is 43.9 Å². The molecule has 0 aromatic heterocycles. The Bertz CT molecular complexity index is 763. The SMILES string of the molecule is CCC1CCCCN1C(=O)CN(c1cccc(NC(C)=O)c1)S(C)(=O)=O. The van der Waals surface area contributed by atoms with Crippen molar-refractivity contribution in [1.29, 1.82) is 0 Å². The van der Waals surface area contributed by atoms with Gasteiger partial charge in [-0.3, -0.25) is 13.9 Å². The zero-order chi connectivity index (χ0) is 19.3. The highest BCUT2D eigenvalue weighted by Crippen LogP contribution is 2.24. The lowest BCUT2D eigenvalue weighted by molar-refractivity contribution is -0.133. The molecule has 0 aliphatic carbocycles. The van der Waals surface area contributed by atoms with Crippen LogP contribution in [0.15, 0.2) is 24.3 Å². The minimum Gasteiger partial charge on any atom is -0.338 e. The number of benzene rings is 1. The molecule has 1 N–H and O–H groups in total. The first-order valence-corrected chi connectivity index (χ1v) is 10.7. The van der Waals surface area contributed by atoms with Crippen LogP contribution in [-0.4, -0.2) is 50.5 Å². The van der Waals surface area contributed by atoms with Crippen molar-refractivity contribution in [1.82, 2.24) is 4.90 Å². The number of sulfonamides is 1. The molecule has 2 rings (SSSR count). The number of amides is 2. The molecule has 0 radical (unpaired) electrons. The van der Waals surface area contributed by atoms with Gasteiger partial charge in [-0.2, -0.15) is 0 Å². The lowest BCUT2D eigenvalue weighted by Gasteiger charge is -2.36. The molecule has 1 saturated heterocycles. The zero-order valence-electron chi connectivity index (χ0n) is 15.6. The predicted molar refractivity (Wildman–Crippen MR) is 103 cm³/mol. The Morgan fingerprint density at radius 3 is 2.65 bits per heavy atom. The van der Waals surface area contributed by atoms with Crippen LogP contribution in [0.3, 0.4) is 0 Å². The van der Waals surface area contributed by atoms with Gasteiger partial charge in [0, 0.05) is 25.2 Å². The number of likely N-dealkylation sites (tertiary alicyclic amines) is 1. The molecule has 1 aromatic carbocycles. The highest BCUT2D eigenvalue weighted by atomic mass is 32.2. The Hall–Kier alpha value is -2.09. The van der Waals surface area contributed by atoms with Gasteiger partial charge in [0.15, 0.2) is 0 Å². The van der Waals surface area contributed by atoms with Crippen molar-refractivity contribution < 1.29 is 18.0 Å². The van der Waals surface area contributed by atoms with Crippen LogP contribution in [0.4, 0.5) is 11.4 Å². The van der Waals surface area contributed by atoms with Crippen LogP contribution in [0.2, 0.25) is 0 Å². The zero-order valence-corrected chi connectivity index (χ0v) is 16.4. The molecule has 26 heavy (non-hydrogen) atoms. The number of carbonyl (C=O) groups is 2. The number of carbonyl (C=O) groups excluding carboxylic acids is 2. The molecule has 7 nitrogen and oxygen atoms in total. The van der Waals surface area contributed by atoms with E-state index in [1.54, 1.807) is 29.2 Å². The molecule has 0 saturated carbocycles. The molecule has 1 aliphatic heterocycles. The highest BCUT2D eigenvalue weighted by molar-refractivity contribution is 7.92. The van der Waals surface area contributed by atoms with Crippen molar-refractivity contribution in [3.8, 4) is 0 Å². The van der Waals surface area contributed by atoms with Gasteiger partial charge in [0.2, 0.25) is 21.8 Å². The van der Waals surface area contributed by atoms with Gasteiger partial charge in [0.1, 0.15) is 6.54 Å². The standard InChI is InChI=1S/C18H27N3O4S/c1-4-16-9-5-6-11-20(16)18(23)13-21(26(3,24)25)17-10-7-8-15(12-17)19-14(2)22/h7-8,10,12,16H,4-6,9,11,13H2,1-3H3,(H,19,22). The summed E-state index contributed by atoms with van der Waals surface area (Å²) in [6, 6.07) is 6.67. The van der Waals surface area contributed by atoms with E-state index >= 15 is 0 Å². The van der Waals surface area contributed by atoms with Crippen molar-refractivity contribution in [2.24, 2.45) is 0 Å². The second-order valence-corrected chi connectivity index (χ2v) is 8.55. The molecule has 1 aromatic rings. The largest absolute Gasteiger partial charge is 0.338 e. The summed E-state index contributed by atoms with van der Waals surface area (Å²) in [7, 11) is -3.65. The maximum absolute atomic E-state index is 12.8. The number of hydrogen-bond acceptors (Lipinski definition) is 4. The molecule has 0 spiro atoms. The third-order valence-corrected chi connectivity index (χ3v) is 5.69. The molecule has 1 unspecified atom stereocenters. The van der Waals surface area contributed by atoms with E-state index in [1.807, 2.05) is 6.92 Å². The average Bonchev–Trinajstić information content (AvgIpc) is 2.58. The van der Waals surface area contributed by atoms with Gasteiger partial charge in [0.25, 0.3) is 0 Å². The fourth-order valence-corrected chi connectivity index (χ4v) is 4.15. The Balaban J connectivity index is 2.26. The molecule has 1 atom stereocenters. The van der Waals surface area contributed by atoms with E-state index < -0.39 is 10.0 Å². The van der Waals surface area contributed by atoms with Gasteiger partial charge in [-0.1, -0.05) is 13.0 Å². The van der Waals surface area contributed by atoms with Crippen molar-refractivity contribution in [2.45, 2.75) is 45.6 Å². The van der Waals surface area contributed by atoms with E-state index in [0.29, 0.717) is 17.9 Å². The minimum absolute atomic E-state index is 0.170. The predicted octanol–water partition coefficient (Wildman–Crippen LogP) is 2.20. The van der Waals surface area contributed by atoms with E-state index in [1.165, 1.54) is 6.92 Å². The normalized spacial score (nSPS) is 17.7. The summed E-state index contributed by atoms with van der Waals surface area (Å²) in [5.74, 6) is -0.435. The van der Waals surface area contributed by atoms with E-state index in [9.17, 15) is 18.0 Å². The van der Waals surface area contributed by atoms with Crippen LogP contribution in [0, 0.1) is 0 Å². The molecule has 1 fully saturated rings. The van der Waals surface area contributed by atoms with Gasteiger partial charge >= 0.3 is 0 Å². The molecule has 0 bridgehead atoms. The first-order valence-electron chi connectivity index (χ1n) is 8.87. The molecule has 8 heteroatoms. The second kappa shape index (κ2) is 8.53. The fourth-order valence-electron chi connectivity index (χ4n) is 3.31. The lowest BCUT2D eigenvalue weighted by Crippen LogP contribution is -2.48. The Kier molecular flexibility index (Phi) is 6.63. The summed E-state index contributed by atoms with van der Waals surface area (Å²) in [6.45, 7) is 3.85. The van der Waals surface area contributed by atoms with Gasteiger partial charge in [0.05, 0.1) is 11.9 Å². The lowest BCUT2D eigenvalue weighted by atomic mass is 10.00. The van der Waals surface area contributed by atoms with Crippen molar-refractivity contribution >= 4 is 33.2 Å². The second-order valence-electron chi connectivity index (χ2n) is 6.65. The molecule has 1 aliphatic rings. The van der Waals surface area contributed by atoms with Crippen molar-refractivity contribution in [3.63, 3.8) is 0 Å². The fraction of sp³-hybridized carbons (Fsp3) is 0.556. The molecule has 2 amide bonds. The summed E-state index contributed by atoms with van der Waals surface area (Å²) in [4.78, 5) is 25.9. The average molecular weight is 381 g/mol. The van der Waals surface area contributed by atoms with Crippen LogP contribution in [0.25, 0.3) is 0 Å². The number of anilines is 2. The van der Waals surface area contributed by atoms with Crippen LogP contribution in [0.1, 0.15) is 39.5 Å². The molecular weight excluding hydrogens is 354 g/mol. The summed E-state index contributed by atoms with van der Waals surface area (Å²) in [5.41, 5.74) is 0.845. The van der Waals surface area contributed by atoms with Crippen LogP contribution in [-0.2, 0) is 19.6 Å². The first kappa shape index (κ1) is 20.2. The van der Waals surface area contributed by atoms with Gasteiger partial charge in [-0.15, -0.1) is 0 Å². The quantitative estimate of drug-likeness (QED) is 0.818. The molecule has 1 heterocycles. The molecular formula is C18H27N3O4S. The number of nitrogens with one attached hydrogen (secondary N) is 1. The smallest absolute Gasteiger partial charge is 0.243 e. The number of nitrogens with zero attached hydrogens (tertiary/aromatic N) is 2. The number of hydrogen-bond donors (Lipinski definition) is 1. The van der Waals surface area contributed by atoms with Crippen molar-refractivity contribution in [2.75, 3.05) is 29.0 Å². The Morgan fingerprint density at radius 2 is 2.04 bits per heavy atom. The third-order valence-electron chi connectivity index (χ3n) is 4.55. The topological polar surface area (TPSA) is 86.8 Å². The van der Waals surface area contributed by atoms with Crippen LogP contribution < -0.4 is 9.62 Å². The Morgan fingerprint density at radius 1 is 1.31 bits per heavy atom. The molecule has 144 valence electrons. The maximum Gasteiger partial charge on any atom is 0.243 e. The number of piperidine rings is 1. The van der Waals surface area contributed by atoms with E-state index in [0.717, 1.165) is 36.2 Å². The third kappa shape index (κ3) is 5.20. The first-order chi connectivity index (χ1) is 12.2. The summed E-state index contributed by atoms with van der Waals surface area (Å²) < 4.78 is 25.7. The van der Waals surface area contributed by atoms with E-state index in [4.69, 9.17) is 0 Å². The minimum atomic E-state index is -3.65. The van der Waals surface area contributed by atoms with Crippen LogP contribution in [0.5, 0.6) is 0 Å². The monoisotopic (exact) mass is 381 g/mol. The van der Waals surface area contributed by atoms with Gasteiger partial charge < -0.3 is 10.2 Å². The van der Waals surface area contributed by atoms with Crippen molar-refractivity contribution in [3.05, 3.63) is 24.3 Å². The van der Waals surface area contributed by atoms with Gasteiger partial charge in [-0.25, -0.2) is 8.42 Å². The Labute approximate surface area is 155 Å².